The fourth-order valence-corrected chi connectivity index (χ4v) is 4.91. The van der Waals surface area contributed by atoms with E-state index in [1.165, 1.54) is 25.8 Å². The lowest BCUT2D eigenvalue weighted by molar-refractivity contribution is 0.0475. The van der Waals surface area contributed by atoms with Gasteiger partial charge < -0.3 is 23.9 Å². The highest BCUT2D eigenvalue weighted by Gasteiger charge is 2.34. The monoisotopic (exact) mass is 477 g/mol. The number of phenols is 1. The minimum absolute atomic E-state index is 0.114. The zero-order valence-corrected chi connectivity index (χ0v) is 20.3. The van der Waals surface area contributed by atoms with E-state index in [2.05, 4.69) is 4.57 Å². The number of fused-ring (bicyclic) bond motifs is 3. The summed E-state index contributed by atoms with van der Waals surface area (Å²) in [7, 11) is 6.07. The Hall–Kier alpha value is -3.98. The molecule has 1 atom stereocenters. The molecule has 35 heavy (non-hydrogen) atoms. The molecule has 0 saturated heterocycles. The first-order valence-corrected chi connectivity index (χ1v) is 11.2. The first-order chi connectivity index (χ1) is 16.8. The number of nitrogens with zero attached hydrogens (tertiary/aromatic N) is 3. The van der Waals surface area contributed by atoms with E-state index in [1.807, 2.05) is 31.2 Å². The maximum Gasteiger partial charge on any atom is 0.331 e. The largest absolute Gasteiger partial charge is 0.502 e. The highest BCUT2D eigenvalue weighted by Crippen LogP contribution is 2.45. The molecule has 0 fully saturated rings. The number of aromatic hydroxyl groups is 1. The highest BCUT2D eigenvalue weighted by molar-refractivity contribution is 5.96. The van der Waals surface area contributed by atoms with Crippen LogP contribution in [0.2, 0.25) is 0 Å². The van der Waals surface area contributed by atoms with Crippen LogP contribution in [0.25, 0.3) is 22.2 Å². The van der Waals surface area contributed by atoms with Gasteiger partial charge in [0, 0.05) is 20.6 Å². The average molecular weight is 478 g/mol. The molecule has 9 nitrogen and oxygen atoms in total. The molecule has 9 heteroatoms. The minimum Gasteiger partial charge on any atom is -0.502 e. The molecule has 0 bridgehead atoms. The van der Waals surface area contributed by atoms with Crippen LogP contribution in [-0.2, 0) is 25.4 Å². The SMILES string of the molecule is COc1cc([C@H]2OCCn3c(-c4ccc(C)cc4)c4c(=O)n(C)c(=O)n(C)c4c32)cc(OC)c1O. The van der Waals surface area contributed by atoms with E-state index < -0.39 is 11.8 Å². The molecule has 0 radical (unpaired) electrons. The van der Waals surface area contributed by atoms with Gasteiger partial charge in [0.15, 0.2) is 11.5 Å². The van der Waals surface area contributed by atoms with Crippen molar-refractivity contribution in [1.29, 1.82) is 0 Å². The van der Waals surface area contributed by atoms with Crippen molar-refractivity contribution in [2.24, 2.45) is 14.1 Å². The molecule has 2 aromatic carbocycles. The van der Waals surface area contributed by atoms with Gasteiger partial charge in [-0.2, -0.15) is 0 Å². The van der Waals surface area contributed by atoms with Crippen LogP contribution in [0.3, 0.4) is 0 Å². The van der Waals surface area contributed by atoms with Gasteiger partial charge in [0.2, 0.25) is 5.75 Å². The summed E-state index contributed by atoms with van der Waals surface area (Å²) in [6.45, 7) is 2.90. The maximum atomic E-state index is 13.5. The third-order valence-corrected chi connectivity index (χ3v) is 6.68. The smallest absolute Gasteiger partial charge is 0.331 e. The van der Waals surface area contributed by atoms with Gasteiger partial charge in [-0.3, -0.25) is 13.9 Å². The molecule has 1 aliphatic heterocycles. The maximum absolute atomic E-state index is 13.5. The number of hydrogen-bond acceptors (Lipinski definition) is 6. The van der Waals surface area contributed by atoms with Gasteiger partial charge >= 0.3 is 5.69 Å². The molecule has 1 aliphatic rings. The van der Waals surface area contributed by atoms with Crippen molar-refractivity contribution in [3.05, 3.63) is 74.1 Å². The summed E-state index contributed by atoms with van der Waals surface area (Å²) in [5.41, 5.74) is 3.82. The molecule has 5 rings (SSSR count). The van der Waals surface area contributed by atoms with E-state index in [4.69, 9.17) is 14.2 Å². The number of phenolic OH excluding ortho intramolecular Hbond substituents is 1. The highest BCUT2D eigenvalue weighted by atomic mass is 16.5. The number of hydrogen-bond donors (Lipinski definition) is 1. The Morgan fingerprint density at radius 2 is 1.63 bits per heavy atom. The van der Waals surface area contributed by atoms with Crippen LogP contribution in [0.4, 0.5) is 0 Å². The van der Waals surface area contributed by atoms with Crippen molar-refractivity contribution in [3.8, 4) is 28.5 Å². The average Bonchev–Trinajstić information content (AvgIpc) is 3.22. The molecular weight excluding hydrogens is 450 g/mol. The van der Waals surface area contributed by atoms with E-state index >= 15 is 0 Å². The number of benzene rings is 2. The summed E-state index contributed by atoms with van der Waals surface area (Å²) in [5.74, 6) is 0.357. The van der Waals surface area contributed by atoms with Crippen LogP contribution >= 0.6 is 0 Å². The first-order valence-electron chi connectivity index (χ1n) is 11.2. The summed E-state index contributed by atoms with van der Waals surface area (Å²) in [4.78, 5) is 26.5. The predicted octanol–water partition coefficient (Wildman–Crippen LogP) is 2.86. The van der Waals surface area contributed by atoms with Crippen LogP contribution in [-0.4, -0.2) is 39.6 Å². The predicted molar refractivity (Wildman–Crippen MR) is 132 cm³/mol. The van der Waals surface area contributed by atoms with E-state index in [-0.39, 0.29) is 22.8 Å². The van der Waals surface area contributed by atoms with Crippen molar-refractivity contribution in [2.45, 2.75) is 19.6 Å². The molecule has 0 saturated carbocycles. The molecule has 2 aromatic heterocycles. The lowest BCUT2D eigenvalue weighted by Gasteiger charge is -2.28. The fourth-order valence-electron chi connectivity index (χ4n) is 4.91. The van der Waals surface area contributed by atoms with Gasteiger partial charge in [0.25, 0.3) is 5.56 Å². The van der Waals surface area contributed by atoms with Gasteiger partial charge in [-0.15, -0.1) is 0 Å². The molecule has 0 aliphatic carbocycles. The van der Waals surface area contributed by atoms with Crippen LogP contribution < -0.4 is 20.7 Å². The van der Waals surface area contributed by atoms with Crippen LogP contribution in [0.5, 0.6) is 17.2 Å². The van der Waals surface area contributed by atoms with Crippen molar-refractivity contribution >= 4 is 10.9 Å². The van der Waals surface area contributed by atoms with Gasteiger partial charge in [0.05, 0.1) is 43.1 Å². The number of rotatable bonds is 4. The van der Waals surface area contributed by atoms with Crippen LogP contribution in [0, 0.1) is 6.92 Å². The van der Waals surface area contributed by atoms with E-state index in [0.717, 1.165) is 21.4 Å². The van der Waals surface area contributed by atoms with E-state index in [1.54, 1.807) is 19.2 Å². The van der Waals surface area contributed by atoms with Gasteiger partial charge in [0.1, 0.15) is 6.10 Å². The standard InChI is InChI=1S/C26H27N3O6/c1-14-6-8-15(9-7-14)20-19-21(27(2)26(32)28(3)25(19)31)22-24(35-11-10-29(20)22)16-12-17(33-4)23(30)18(13-16)34-5/h6-9,12-13,24,30H,10-11H2,1-5H3/t24-/m1/s1. The Kier molecular flexibility index (Phi) is 5.44. The summed E-state index contributed by atoms with van der Waals surface area (Å²) in [5, 5.41) is 10.9. The third-order valence-electron chi connectivity index (χ3n) is 6.68. The Morgan fingerprint density at radius 3 is 2.23 bits per heavy atom. The number of aryl methyl sites for hydroxylation is 2. The zero-order valence-electron chi connectivity index (χ0n) is 20.3. The molecule has 0 unspecified atom stereocenters. The number of aromatic nitrogens is 3. The number of ether oxygens (including phenoxy) is 3. The fraction of sp³-hybridized carbons (Fsp3) is 0.308. The summed E-state index contributed by atoms with van der Waals surface area (Å²) in [6, 6.07) is 11.3. The first kappa shape index (κ1) is 22.8. The molecule has 0 amide bonds. The Balaban J connectivity index is 1.90. The summed E-state index contributed by atoms with van der Waals surface area (Å²) < 4.78 is 21.6. The molecule has 4 aromatic rings. The Bertz CT molecular complexity index is 1550. The summed E-state index contributed by atoms with van der Waals surface area (Å²) >= 11 is 0. The second-order valence-electron chi connectivity index (χ2n) is 8.71. The van der Waals surface area contributed by atoms with Crippen molar-refractivity contribution < 1.29 is 19.3 Å². The van der Waals surface area contributed by atoms with E-state index in [9.17, 15) is 14.7 Å². The van der Waals surface area contributed by atoms with Crippen molar-refractivity contribution in [3.63, 3.8) is 0 Å². The molecule has 182 valence electrons. The quantitative estimate of drug-likeness (QED) is 0.486. The number of methoxy groups -OCH3 is 2. The minimum atomic E-state index is -0.633. The van der Waals surface area contributed by atoms with Gasteiger partial charge in [-0.05, 0) is 30.2 Å². The normalized spacial score (nSPS) is 15.3. The summed E-state index contributed by atoms with van der Waals surface area (Å²) in [6.07, 6.45) is -0.633. The lowest BCUT2D eigenvalue weighted by Crippen LogP contribution is -2.37. The van der Waals surface area contributed by atoms with E-state index in [0.29, 0.717) is 35.3 Å². The third kappa shape index (κ3) is 3.34. The van der Waals surface area contributed by atoms with Crippen LogP contribution in [0.1, 0.15) is 22.9 Å². The Morgan fingerprint density at radius 1 is 1.00 bits per heavy atom. The molecule has 0 spiro atoms. The van der Waals surface area contributed by atoms with Gasteiger partial charge in [-0.25, -0.2) is 4.79 Å². The van der Waals surface area contributed by atoms with Crippen molar-refractivity contribution in [1.82, 2.24) is 13.7 Å². The van der Waals surface area contributed by atoms with Gasteiger partial charge in [-0.1, -0.05) is 29.8 Å². The second kappa shape index (κ2) is 8.35. The van der Waals surface area contributed by atoms with Crippen molar-refractivity contribution in [2.75, 3.05) is 20.8 Å². The topological polar surface area (TPSA) is 96.9 Å². The molecule has 1 N–H and O–H groups in total. The molecule has 3 heterocycles. The van der Waals surface area contributed by atoms with Crippen LogP contribution in [0.15, 0.2) is 46.0 Å². The zero-order chi connectivity index (χ0) is 25.0. The lowest BCUT2D eigenvalue weighted by atomic mass is 10.0. The molecular formula is C26H27N3O6. The second-order valence-corrected chi connectivity index (χ2v) is 8.71. The Labute approximate surface area is 201 Å².